The third kappa shape index (κ3) is 2.92. The zero-order chi connectivity index (χ0) is 12.3. The molecule has 0 saturated heterocycles. The average Bonchev–Trinajstić information content (AvgIpc) is 2.54. The van der Waals surface area contributed by atoms with Crippen LogP contribution in [0.4, 0.5) is 0 Å². The van der Waals surface area contributed by atoms with Gasteiger partial charge >= 0.3 is 0 Å². The molecule has 0 amide bonds. The summed E-state index contributed by atoms with van der Waals surface area (Å²) < 4.78 is 2.50. The van der Waals surface area contributed by atoms with Crippen LogP contribution in [0.15, 0.2) is 0 Å². The molecular weight excluding hydrogens is 222 g/mol. The molecule has 0 unspecified atom stereocenters. The largest absolute Gasteiger partial charge is 0.388 e. The van der Waals surface area contributed by atoms with Gasteiger partial charge in [0, 0.05) is 6.54 Å². The lowest BCUT2D eigenvalue weighted by Gasteiger charge is -2.25. The zero-order valence-corrected chi connectivity index (χ0v) is 11.2. The topological polar surface area (TPSA) is 53.8 Å². The molecule has 0 fully saturated rings. The molecule has 0 bridgehead atoms. The van der Waals surface area contributed by atoms with Crippen molar-refractivity contribution in [2.24, 2.45) is 17.8 Å². The SMILES string of the molecule is CC(C)C(Cn1c(CO)n[nH]c1=S)C(C)C. The fraction of sp³-hybridized carbons (Fsp3) is 0.818. The highest BCUT2D eigenvalue weighted by atomic mass is 32.1. The van der Waals surface area contributed by atoms with Crippen LogP contribution in [0.2, 0.25) is 0 Å². The summed E-state index contributed by atoms with van der Waals surface area (Å²) in [5.41, 5.74) is 0. The van der Waals surface area contributed by atoms with E-state index in [0.717, 1.165) is 6.54 Å². The van der Waals surface area contributed by atoms with Gasteiger partial charge in [-0.25, -0.2) is 0 Å². The van der Waals surface area contributed by atoms with Crippen LogP contribution in [0.1, 0.15) is 33.5 Å². The van der Waals surface area contributed by atoms with E-state index in [0.29, 0.717) is 28.3 Å². The van der Waals surface area contributed by atoms with Crippen LogP contribution in [0.25, 0.3) is 0 Å². The third-order valence-corrected chi connectivity index (χ3v) is 3.40. The Balaban J connectivity index is 2.93. The molecule has 0 aromatic carbocycles. The predicted octanol–water partition coefficient (Wildman–Crippen LogP) is 2.36. The van der Waals surface area contributed by atoms with Crippen molar-refractivity contribution in [2.75, 3.05) is 0 Å². The summed E-state index contributed by atoms with van der Waals surface area (Å²) in [6.07, 6.45) is 0. The number of rotatable bonds is 5. The predicted molar refractivity (Wildman–Crippen MR) is 66.5 cm³/mol. The van der Waals surface area contributed by atoms with Gasteiger partial charge in [-0.15, -0.1) is 0 Å². The molecule has 2 N–H and O–H groups in total. The van der Waals surface area contributed by atoms with Gasteiger partial charge in [0.1, 0.15) is 6.61 Å². The van der Waals surface area contributed by atoms with Crippen LogP contribution >= 0.6 is 12.2 Å². The zero-order valence-electron chi connectivity index (χ0n) is 10.4. The Kier molecular flexibility index (Phi) is 4.68. The third-order valence-electron chi connectivity index (χ3n) is 3.08. The summed E-state index contributed by atoms with van der Waals surface area (Å²) in [6.45, 7) is 9.61. The maximum absolute atomic E-state index is 9.17. The molecule has 0 aliphatic carbocycles. The molecule has 1 rings (SSSR count). The van der Waals surface area contributed by atoms with Crippen molar-refractivity contribution in [2.45, 2.75) is 40.8 Å². The first-order valence-corrected chi connectivity index (χ1v) is 6.13. The highest BCUT2D eigenvalue weighted by Gasteiger charge is 2.19. The molecule has 16 heavy (non-hydrogen) atoms. The Labute approximate surface area is 102 Å². The Morgan fingerprint density at radius 2 is 1.88 bits per heavy atom. The summed E-state index contributed by atoms with van der Waals surface area (Å²) in [5, 5.41) is 15.9. The minimum absolute atomic E-state index is 0.0734. The van der Waals surface area contributed by atoms with Gasteiger partial charge in [-0.05, 0) is 30.0 Å². The first kappa shape index (κ1) is 13.4. The molecule has 1 aromatic rings. The van der Waals surface area contributed by atoms with E-state index in [9.17, 15) is 5.11 Å². The molecule has 5 heteroatoms. The lowest BCUT2D eigenvalue weighted by molar-refractivity contribution is 0.228. The fourth-order valence-electron chi connectivity index (χ4n) is 2.06. The van der Waals surface area contributed by atoms with Gasteiger partial charge in [0.25, 0.3) is 0 Å². The molecule has 1 heterocycles. The van der Waals surface area contributed by atoms with Crippen molar-refractivity contribution in [3.8, 4) is 0 Å². The van der Waals surface area contributed by atoms with Crippen molar-refractivity contribution in [1.82, 2.24) is 14.8 Å². The van der Waals surface area contributed by atoms with E-state index in [4.69, 9.17) is 12.2 Å². The van der Waals surface area contributed by atoms with E-state index in [2.05, 4.69) is 37.9 Å². The van der Waals surface area contributed by atoms with E-state index in [1.54, 1.807) is 0 Å². The van der Waals surface area contributed by atoms with Crippen LogP contribution in [-0.2, 0) is 13.2 Å². The summed E-state index contributed by atoms with van der Waals surface area (Å²) >= 11 is 5.16. The van der Waals surface area contributed by atoms with Gasteiger partial charge < -0.3 is 9.67 Å². The minimum Gasteiger partial charge on any atom is -0.388 e. The molecule has 0 spiro atoms. The number of nitrogens with one attached hydrogen (secondary N) is 1. The quantitative estimate of drug-likeness (QED) is 0.781. The highest BCUT2D eigenvalue weighted by Crippen LogP contribution is 2.23. The Hall–Kier alpha value is -0.680. The first-order chi connectivity index (χ1) is 7.47. The smallest absolute Gasteiger partial charge is 0.195 e. The van der Waals surface area contributed by atoms with Gasteiger partial charge in [0.05, 0.1) is 0 Å². The van der Waals surface area contributed by atoms with Crippen molar-refractivity contribution < 1.29 is 5.11 Å². The maximum atomic E-state index is 9.17. The van der Waals surface area contributed by atoms with Gasteiger partial charge in [-0.1, -0.05) is 27.7 Å². The lowest BCUT2D eigenvalue weighted by atomic mass is 9.85. The van der Waals surface area contributed by atoms with Crippen LogP contribution in [-0.4, -0.2) is 19.9 Å². The molecule has 0 atom stereocenters. The Morgan fingerprint density at radius 1 is 1.31 bits per heavy atom. The monoisotopic (exact) mass is 243 g/mol. The lowest BCUT2D eigenvalue weighted by Crippen LogP contribution is -2.23. The number of aromatic amines is 1. The molecule has 0 saturated carbocycles. The Morgan fingerprint density at radius 3 is 2.31 bits per heavy atom. The number of hydrogen-bond donors (Lipinski definition) is 2. The van der Waals surface area contributed by atoms with Crippen LogP contribution in [0.3, 0.4) is 0 Å². The molecular formula is C11H21N3OS. The summed E-state index contributed by atoms with van der Waals surface area (Å²) in [6, 6.07) is 0. The minimum atomic E-state index is -0.0734. The second-order valence-corrected chi connectivity index (χ2v) is 5.25. The van der Waals surface area contributed by atoms with E-state index in [1.165, 1.54) is 0 Å². The molecule has 0 aliphatic rings. The second kappa shape index (κ2) is 5.59. The van der Waals surface area contributed by atoms with E-state index >= 15 is 0 Å². The molecule has 0 radical (unpaired) electrons. The maximum Gasteiger partial charge on any atom is 0.195 e. The normalized spacial score (nSPS) is 12.0. The van der Waals surface area contributed by atoms with Crippen molar-refractivity contribution in [3.05, 3.63) is 10.6 Å². The molecule has 4 nitrogen and oxygen atoms in total. The first-order valence-electron chi connectivity index (χ1n) is 5.72. The molecule has 92 valence electrons. The number of aliphatic hydroxyl groups excluding tert-OH is 1. The van der Waals surface area contributed by atoms with Gasteiger partial charge in [-0.3, -0.25) is 5.10 Å². The van der Waals surface area contributed by atoms with Crippen LogP contribution < -0.4 is 0 Å². The summed E-state index contributed by atoms with van der Waals surface area (Å²) in [4.78, 5) is 0. The van der Waals surface area contributed by atoms with Gasteiger partial charge in [-0.2, -0.15) is 5.10 Å². The van der Waals surface area contributed by atoms with E-state index < -0.39 is 0 Å². The van der Waals surface area contributed by atoms with Gasteiger partial charge in [0.15, 0.2) is 10.6 Å². The summed E-state index contributed by atoms with van der Waals surface area (Å²) in [5.74, 6) is 2.33. The number of aliphatic hydroxyl groups is 1. The van der Waals surface area contributed by atoms with Gasteiger partial charge in [0.2, 0.25) is 0 Å². The number of nitrogens with zero attached hydrogens (tertiary/aromatic N) is 2. The van der Waals surface area contributed by atoms with Crippen molar-refractivity contribution in [1.29, 1.82) is 0 Å². The fourth-order valence-corrected chi connectivity index (χ4v) is 2.29. The van der Waals surface area contributed by atoms with Crippen LogP contribution in [0, 0.1) is 22.5 Å². The number of hydrogen-bond acceptors (Lipinski definition) is 3. The van der Waals surface area contributed by atoms with Crippen molar-refractivity contribution in [3.63, 3.8) is 0 Å². The number of H-pyrrole nitrogens is 1. The average molecular weight is 243 g/mol. The van der Waals surface area contributed by atoms with E-state index in [-0.39, 0.29) is 6.61 Å². The summed E-state index contributed by atoms with van der Waals surface area (Å²) in [7, 11) is 0. The Bertz CT molecular complexity index is 373. The van der Waals surface area contributed by atoms with Crippen molar-refractivity contribution >= 4 is 12.2 Å². The highest BCUT2D eigenvalue weighted by molar-refractivity contribution is 7.71. The van der Waals surface area contributed by atoms with Crippen LogP contribution in [0.5, 0.6) is 0 Å². The second-order valence-electron chi connectivity index (χ2n) is 4.87. The standard InChI is InChI=1S/C11H21N3OS/c1-7(2)9(8(3)4)5-14-10(6-15)12-13-11(14)16/h7-9,15H,5-6H2,1-4H3,(H,13,16). The molecule has 1 aromatic heterocycles. The van der Waals surface area contributed by atoms with E-state index in [1.807, 2.05) is 4.57 Å². The number of aromatic nitrogens is 3. The molecule has 0 aliphatic heterocycles.